The van der Waals surface area contributed by atoms with E-state index in [1.807, 2.05) is 18.7 Å². The van der Waals surface area contributed by atoms with Crippen LogP contribution in [0.3, 0.4) is 0 Å². The lowest BCUT2D eigenvalue weighted by molar-refractivity contribution is -0.131. The first-order chi connectivity index (χ1) is 9.99. The van der Waals surface area contributed by atoms with Crippen molar-refractivity contribution in [3.63, 3.8) is 0 Å². The highest BCUT2D eigenvalue weighted by atomic mass is 16.5. The third-order valence-corrected chi connectivity index (χ3v) is 4.55. The molecule has 0 bridgehead atoms. The third kappa shape index (κ3) is 4.06. The first-order valence-electron chi connectivity index (χ1n) is 7.85. The number of rotatable bonds is 4. The second-order valence-electron chi connectivity index (χ2n) is 6.23. The van der Waals surface area contributed by atoms with E-state index < -0.39 is 0 Å². The Balaban J connectivity index is 1.86. The van der Waals surface area contributed by atoms with Gasteiger partial charge in [-0.15, -0.1) is 0 Å². The molecule has 1 fully saturated rings. The third-order valence-electron chi connectivity index (χ3n) is 4.55. The van der Waals surface area contributed by atoms with Crippen molar-refractivity contribution in [3.05, 3.63) is 17.0 Å². The van der Waals surface area contributed by atoms with Gasteiger partial charge in [-0.3, -0.25) is 4.79 Å². The summed E-state index contributed by atoms with van der Waals surface area (Å²) >= 11 is 0. The second kappa shape index (κ2) is 7.07. The Bertz CT molecular complexity index is 462. The molecule has 5 nitrogen and oxygen atoms in total. The molecular formula is C16H27N3O2. The molecule has 0 unspecified atom stereocenters. The van der Waals surface area contributed by atoms with Crippen molar-refractivity contribution in [2.24, 2.45) is 0 Å². The monoisotopic (exact) mass is 293 g/mol. The van der Waals surface area contributed by atoms with Gasteiger partial charge in [0.15, 0.2) is 0 Å². The van der Waals surface area contributed by atoms with Crippen LogP contribution in [0.4, 0.5) is 0 Å². The smallest absolute Gasteiger partial charge is 0.222 e. The minimum atomic E-state index is 0.259. The van der Waals surface area contributed by atoms with Crippen LogP contribution in [0.25, 0.3) is 0 Å². The number of hydrogen-bond acceptors (Lipinski definition) is 4. The Labute approximate surface area is 127 Å². The van der Waals surface area contributed by atoms with Crippen LogP contribution < -0.4 is 0 Å². The van der Waals surface area contributed by atoms with E-state index in [1.54, 1.807) is 0 Å². The number of nitrogens with zero attached hydrogens (tertiary/aromatic N) is 3. The Hall–Kier alpha value is -1.36. The molecule has 1 saturated heterocycles. The fourth-order valence-corrected chi connectivity index (χ4v) is 3.09. The van der Waals surface area contributed by atoms with Gasteiger partial charge in [0.25, 0.3) is 0 Å². The standard InChI is InChI=1S/C16H27N3O2/c1-12-15(13(2)21-17-12)7-8-16(20)19-10-5-6-14(9-11-19)18(3)4/h14H,5-11H2,1-4H3/t14-/m1/s1. The Morgan fingerprint density at radius 1 is 1.33 bits per heavy atom. The SMILES string of the molecule is Cc1noc(C)c1CCC(=O)N1CCC[C@@H](N(C)C)CC1. The highest BCUT2D eigenvalue weighted by Gasteiger charge is 2.22. The van der Waals surface area contributed by atoms with E-state index in [1.165, 1.54) is 6.42 Å². The zero-order valence-corrected chi connectivity index (χ0v) is 13.7. The molecule has 21 heavy (non-hydrogen) atoms. The molecule has 2 heterocycles. The molecule has 118 valence electrons. The lowest BCUT2D eigenvalue weighted by Crippen LogP contribution is -2.34. The van der Waals surface area contributed by atoms with Crippen molar-refractivity contribution < 1.29 is 9.32 Å². The molecule has 0 aromatic carbocycles. The predicted octanol–water partition coefficient (Wildman–Crippen LogP) is 2.17. The highest BCUT2D eigenvalue weighted by Crippen LogP contribution is 2.18. The quantitative estimate of drug-likeness (QED) is 0.853. The Morgan fingerprint density at radius 2 is 2.10 bits per heavy atom. The van der Waals surface area contributed by atoms with Crippen LogP contribution in [0, 0.1) is 13.8 Å². The van der Waals surface area contributed by atoms with E-state index in [-0.39, 0.29) is 5.91 Å². The molecule has 0 N–H and O–H groups in total. The summed E-state index contributed by atoms with van der Waals surface area (Å²) in [5.74, 6) is 1.10. The summed E-state index contributed by atoms with van der Waals surface area (Å²) in [6.07, 6.45) is 4.63. The van der Waals surface area contributed by atoms with Gasteiger partial charge in [-0.1, -0.05) is 5.16 Å². The van der Waals surface area contributed by atoms with Crippen LogP contribution in [0.5, 0.6) is 0 Å². The van der Waals surface area contributed by atoms with Gasteiger partial charge in [0.05, 0.1) is 5.69 Å². The molecule has 0 aliphatic carbocycles. The van der Waals surface area contributed by atoms with Gasteiger partial charge in [0.2, 0.25) is 5.91 Å². The van der Waals surface area contributed by atoms with E-state index in [9.17, 15) is 4.79 Å². The summed E-state index contributed by atoms with van der Waals surface area (Å²) in [7, 11) is 4.25. The van der Waals surface area contributed by atoms with Crippen molar-refractivity contribution in [1.29, 1.82) is 0 Å². The molecule has 1 aliphatic heterocycles. The molecule has 1 amide bonds. The molecular weight excluding hydrogens is 266 g/mol. The molecule has 1 aromatic heterocycles. The van der Waals surface area contributed by atoms with Crippen molar-refractivity contribution in [1.82, 2.24) is 15.0 Å². The van der Waals surface area contributed by atoms with E-state index in [4.69, 9.17) is 4.52 Å². The summed E-state index contributed by atoms with van der Waals surface area (Å²) in [6, 6.07) is 0.602. The second-order valence-corrected chi connectivity index (χ2v) is 6.23. The summed E-state index contributed by atoms with van der Waals surface area (Å²) in [5, 5.41) is 3.95. The summed E-state index contributed by atoms with van der Waals surface area (Å²) in [4.78, 5) is 16.7. The van der Waals surface area contributed by atoms with Crippen LogP contribution >= 0.6 is 0 Å². The zero-order chi connectivity index (χ0) is 15.4. The number of hydrogen-bond donors (Lipinski definition) is 0. The first kappa shape index (κ1) is 16.0. The summed E-state index contributed by atoms with van der Waals surface area (Å²) in [5.41, 5.74) is 1.99. The molecule has 0 radical (unpaired) electrons. The van der Waals surface area contributed by atoms with Gasteiger partial charge in [0, 0.05) is 31.1 Å². The lowest BCUT2D eigenvalue weighted by Gasteiger charge is -2.23. The molecule has 0 saturated carbocycles. The molecule has 2 rings (SSSR count). The molecule has 1 atom stereocenters. The molecule has 0 spiro atoms. The molecule has 1 aliphatic rings. The van der Waals surface area contributed by atoms with Crippen molar-refractivity contribution in [3.8, 4) is 0 Å². The molecule has 1 aromatic rings. The van der Waals surface area contributed by atoms with Crippen LogP contribution in [0.2, 0.25) is 0 Å². The number of likely N-dealkylation sites (tertiary alicyclic amines) is 1. The van der Waals surface area contributed by atoms with E-state index in [0.29, 0.717) is 12.5 Å². The van der Waals surface area contributed by atoms with Gasteiger partial charge in [-0.25, -0.2) is 0 Å². The number of carbonyl (C=O) groups excluding carboxylic acids is 1. The first-order valence-corrected chi connectivity index (χ1v) is 7.85. The number of carbonyl (C=O) groups is 1. The van der Waals surface area contributed by atoms with Gasteiger partial charge in [0.1, 0.15) is 5.76 Å². The maximum Gasteiger partial charge on any atom is 0.222 e. The summed E-state index contributed by atoms with van der Waals surface area (Å²) in [6.45, 7) is 5.62. The maximum atomic E-state index is 12.4. The van der Waals surface area contributed by atoms with Gasteiger partial charge < -0.3 is 14.3 Å². The zero-order valence-electron chi connectivity index (χ0n) is 13.7. The molecule has 5 heteroatoms. The van der Waals surface area contributed by atoms with Crippen LogP contribution in [0.1, 0.15) is 42.7 Å². The van der Waals surface area contributed by atoms with E-state index >= 15 is 0 Å². The Morgan fingerprint density at radius 3 is 2.71 bits per heavy atom. The van der Waals surface area contributed by atoms with E-state index in [0.717, 1.165) is 49.4 Å². The van der Waals surface area contributed by atoms with Crippen molar-refractivity contribution >= 4 is 5.91 Å². The highest BCUT2D eigenvalue weighted by molar-refractivity contribution is 5.76. The van der Waals surface area contributed by atoms with Crippen LogP contribution in [-0.2, 0) is 11.2 Å². The van der Waals surface area contributed by atoms with Crippen LogP contribution in [0.15, 0.2) is 4.52 Å². The number of aryl methyl sites for hydroxylation is 2. The minimum absolute atomic E-state index is 0.259. The van der Waals surface area contributed by atoms with Gasteiger partial charge >= 0.3 is 0 Å². The Kier molecular flexibility index (Phi) is 5.39. The van der Waals surface area contributed by atoms with Gasteiger partial charge in [-0.2, -0.15) is 0 Å². The maximum absolute atomic E-state index is 12.4. The lowest BCUT2D eigenvalue weighted by atomic mass is 10.1. The van der Waals surface area contributed by atoms with Gasteiger partial charge in [-0.05, 0) is 53.6 Å². The minimum Gasteiger partial charge on any atom is -0.361 e. The largest absolute Gasteiger partial charge is 0.361 e. The normalized spacial score (nSPS) is 19.9. The van der Waals surface area contributed by atoms with Crippen molar-refractivity contribution in [2.45, 2.75) is 52.0 Å². The van der Waals surface area contributed by atoms with E-state index in [2.05, 4.69) is 24.2 Å². The predicted molar refractivity (Wildman–Crippen MR) is 82.2 cm³/mol. The van der Waals surface area contributed by atoms with Crippen molar-refractivity contribution in [2.75, 3.05) is 27.2 Å². The average molecular weight is 293 g/mol. The topological polar surface area (TPSA) is 49.6 Å². The number of amides is 1. The summed E-state index contributed by atoms with van der Waals surface area (Å²) < 4.78 is 5.15. The van der Waals surface area contributed by atoms with Crippen LogP contribution in [-0.4, -0.2) is 54.1 Å². The fraction of sp³-hybridized carbons (Fsp3) is 0.750. The average Bonchev–Trinajstić information content (AvgIpc) is 2.68. The fourth-order valence-electron chi connectivity index (χ4n) is 3.09. The number of aromatic nitrogens is 1.